The van der Waals surface area contributed by atoms with E-state index in [4.69, 9.17) is 18.5 Å². The first kappa shape index (κ1) is 62.3. The minimum atomic E-state index is -5.14. The highest BCUT2D eigenvalue weighted by atomic mass is 31.2. The SMILES string of the molecule is CCCCC/C=C/C/C=C/C/C=C/C/C=C/CCCCCC(=O)OC[C@@H](COP(=O)(O)OC1C(O)C(O)C(O)[C@H](O)C1O)OC(=O)CCCCCCCCCCC/C=C/C/C=C/CCCCC. The van der Waals surface area contributed by atoms with E-state index in [2.05, 4.69) is 86.8 Å². The Kier molecular flexibility index (Phi) is 39.2. The van der Waals surface area contributed by atoms with E-state index in [1.54, 1.807) is 0 Å². The van der Waals surface area contributed by atoms with Gasteiger partial charge in [-0.15, -0.1) is 0 Å². The fraction of sp³-hybridized carbons (Fsp3) is 0.736. The largest absolute Gasteiger partial charge is 0.472 e. The molecule has 0 saturated heterocycles. The molecule has 1 aliphatic carbocycles. The van der Waals surface area contributed by atoms with Crippen LogP contribution in [0.25, 0.3) is 0 Å². The van der Waals surface area contributed by atoms with Gasteiger partial charge in [0.05, 0.1) is 6.61 Å². The maximum absolute atomic E-state index is 12.9. The number of rotatable bonds is 42. The summed E-state index contributed by atoms with van der Waals surface area (Å²) in [5.74, 6) is -1.14. The second kappa shape index (κ2) is 42.2. The van der Waals surface area contributed by atoms with E-state index in [1.165, 1.54) is 70.6 Å². The minimum absolute atomic E-state index is 0.0813. The molecule has 0 bridgehead atoms. The molecular formula is C53H91O13P. The number of phosphoric acid groups is 1. The van der Waals surface area contributed by atoms with Crippen LogP contribution in [0.5, 0.6) is 0 Å². The fourth-order valence-corrected chi connectivity index (χ4v) is 8.33. The van der Waals surface area contributed by atoms with Gasteiger partial charge < -0.3 is 39.9 Å². The van der Waals surface area contributed by atoms with Gasteiger partial charge in [-0.3, -0.25) is 18.6 Å². The van der Waals surface area contributed by atoms with Crippen LogP contribution in [0.15, 0.2) is 72.9 Å². The molecule has 0 aromatic carbocycles. The Bertz CT molecular complexity index is 1440. The zero-order valence-electron chi connectivity index (χ0n) is 41.2. The van der Waals surface area contributed by atoms with Gasteiger partial charge in [0, 0.05) is 12.8 Å². The molecule has 1 saturated carbocycles. The molecule has 0 aromatic rings. The van der Waals surface area contributed by atoms with Crippen molar-refractivity contribution in [3.05, 3.63) is 72.9 Å². The molecule has 6 unspecified atom stereocenters. The van der Waals surface area contributed by atoms with Crippen molar-refractivity contribution < 1.29 is 63.1 Å². The van der Waals surface area contributed by atoms with Gasteiger partial charge in [-0.25, -0.2) is 4.57 Å². The molecule has 8 atom stereocenters. The van der Waals surface area contributed by atoms with Crippen molar-refractivity contribution in [3.8, 4) is 0 Å². The number of esters is 2. The van der Waals surface area contributed by atoms with Gasteiger partial charge in [-0.2, -0.15) is 0 Å². The van der Waals surface area contributed by atoms with Crippen molar-refractivity contribution >= 4 is 19.8 Å². The quantitative estimate of drug-likeness (QED) is 0.0146. The molecular weight excluding hydrogens is 876 g/mol. The average Bonchev–Trinajstić information content (AvgIpc) is 3.31. The van der Waals surface area contributed by atoms with Crippen molar-refractivity contribution in [2.45, 2.75) is 236 Å². The Hall–Kier alpha value is -2.71. The summed E-state index contributed by atoms with van der Waals surface area (Å²) < 4.78 is 33.6. The molecule has 1 aliphatic rings. The molecule has 0 radical (unpaired) electrons. The van der Waals surface area contributed by atoms with E-state index in [0.717, 1.165) is 83.5 Å². The second-order valence-electron chi connectivity index (χ2n) is 17.7. The van der Waals surface area contributed by atoms with Gasteiger partial charge in [-0.1, -0.05) is 164 Å². The summed E-state index contributed by atoms with van der Waals surface area (Å²) in [5, 5.41) is 50.3. The number of carbonyl (C=O) groups is 2. The Morgan fingerprint density at radius 1 is 0.463 bits per heavy atom. The number of hydrogen-bond donors (Lipinski definition) is 6. The lowest BCUT2D eigenvalue weighted by Gasteiger charge is -2.41. The Morgan fingerprint density at radius 3 is 1.24 bits per heavy atom. The Balaban J connectivity index is 2.44. The highest BCUT2D eigenvalue weighted by molar-refractivity contribution is 7.47. The molecule has 0 heterocycles. The zero-order valence-corrected chi connectivity index (χ0v) is 42.1. The third-order valence-corrected chi connectivity index (χ3v) is 12.5. The summed E-state index contributed by atoms with van der Waals surface area (Å²) in [4.78, 5) is 35.8. The molecule has 386 valence electrons. The summed E-state index contributed by atoms with van der Waals surface area (Å²) >= 11 is 0. The van der Waals surface area contributed by atoms with Crippen LogP contribution in [0.2, 0.25) is 0 Å². The van der Waals surface area contributed by atoms with Crippen LogP contribution in [0.1, 0.15) is 194 Å². The highest BCUT2D eigenvalue weighted by Gasteiger charge is 2.51. The van der Waals surface area contributed by atoms with Crippen LogP contribution in [0, 0.1) is 0 Å². The number of ether oxygens (including phenoxy) is 2. The van der Waals surface area contributed by atoms with Crippen molar-refractivity contribution in [2.24, 2.45) is 0 Å². The van der Waals surface area contributed by atoms with Gasteiger partial charge in [0.25, 0.3) is 0 Å². The summed E-state index contributed by atoms with van der Waals surface area (Å²) in [6, 6.07) is 0. The molecule has 67 heavy (non-hydrogen) atoms. The summed E-state index contributed by atoms with van der Waals surface area (Å²) in [6.07, 6.45) is 40.8. The average molecular weight is 967 g/mol. The lowest BCUT2D eigenvalue weighted by molar-refractivity contribution is -0.220. The molecule has 6 N–H and O–H groups in total. The van der Waals surface area contributed by atoms with Crippen LogP contribution in [0.4, 0.5) is 0 Å². The third kappa shape index (κ3) is 34.3. The van der Waals surface area contributed by atoms with E-state index in [-0.39, 0.29) is 12.8 Å². The van der Waals surface area contributed by atoms with Crippen molar-refractivity contribution in [2.75, 3.05) is 13.2 Å². The van der Waals surface area contributed by atoms with Gasteiger partial charge in [0.2, 0.25) is 0 Å². The van der Waals surface area contributed by atoms with Crippen LogP contribution in [0.3, 0.4) is 0 Å². The van der Waals surface area contributed by atoms with Crippen LogP contribution < -0.4 is 0 Å². The van der Waals surface area contributed by atoms with E-state index >= 15 is 0 Å². The van der Waals surface area contributed by atoms with Crippen molar-refractivity contribution in [3.63, 3.8) is 0 Å². The lowest BCUT2D eigenvalue weighted by Crippen LogP contribution is -2.64. The predicted octanol–water partition coefficient (Wildman–Crippen LogP) is 11.1. The maximum Gasteiger partial charge on any atom is 0.472 e. The predicted molar refractivity (Wildman–Crippen MR) is 267 cm³/mol. The summed E-state index contributed by atoms with van der Waals surface area (Å²) in [5.41, 5.74) is 0. The fourth-order valence-electron chi connectivity index (χ4n) is 7.36. The second-order valence-corrected chi connectivity index (χ2v) is 19.1. The number of allylic oxidation sites excluding steroid dienone is 12. The number of hydrogen-bond acceptors (Lipinski definition) is 12. The molecule has 0 aliphatic heterocycles. The summed E-state index contributed by atoms with van der Waals surface area (Å²) in [7, 11) is -5.14. The van der Waals surface area contributed by atoms with Crippen molar-refractivity contribution in [1.29, 1.82) is 0 Å². The first-order chi connectivity index (χ1) is 32.4. The van der Waals surface area contributed by atoms with Crippen LogP contribution >= 0.6 is 7.82 Å². The van der Waals surface area contributed by atoms with E-state index in [0.29, 0.717) is 12.8 Å². The Labute approximate surface area is 404 Å². The lowest BCUT2D eigenvalue weighted by atomic mass is 9.85. The molecule has 14 heteroatoms. The van der Waals surface area contributed by atoms with E-state index < -0.39 is 75.7 Å². The third-order valence-electron chi connectivity index (χ3n) is 11.5. The van der Waals surface area contributed by atoms with Gasteiger partial charge >= 0.3 is 19.8 Å². The standard InChI is InChI=1S/C53H91O13P/c1-3-5-7-9-11-13-15-17-19-21-23-25-27-29-31-33-35-37-39-41-46(54)63-43-45(44-64-67(61,62)66-53-51(59)49(57)48(56)50(58)52(53)60)65-47(55)42-40-38-36-34-32-30-28-26-24-22-20-18-16-14-12-10-8-6-4-2/h11-14,17-20,23,25,29,31,45,48-53,56-60H,3-10,15-16,21-22,24,26-28,30,32-44H2,1-2H3,(H,61,62)/b13-11+,14-12+,19-17+,20-18+,25-23+,31-29+/t45-,48?,49-,50?,51?,52?,53?/m0/s1. The highest BCUT2D eigenvalue weighted by Crippen LogP contribution is 2.47. The smallest absolute Gasteiger partial charge is 0.462 e. The van der Waals surface area contributed by atoms with Crippen LogP contribution in [-0.2, 0) is 32.7 Å². The normalized spacial score (nSPS) is 21.7. The zero-order chi connectivity index (χ0) is 49.2. The minimum Gasteiger partial charge on any atom is -0.462 e. The van der Waals surface area contributed by atoms with Gasteiger partial charge in [0.1, 0.15) is 43.2 Å². The maximum atomic E-state index is 12.9. The van der Waals surface area contributed by atoms with Gasteiger partial charge in [-0.05, 0) is 89.9 Å². The first-order valence-electron chi connectivity index (χ1n) is 25.7. The van der Waals surface area contributed by atoms with E-state index in [1.807, 2.05) is 0 Å². The number of phosphoric ester groups is 1. The molecule has 0 spiro atoms. The number of carbonyl (C=O) groups excluding carboxylic acids is 2. The first-order valence-corrected chi connectivity index (χ1v) is 27.2. The van der Waals surface area contributed by atoms with Gasteiger partial charge in [0.15, 0.2) is 6.10 Å². The molecule has 13 nitrogen and oxygen atoms in total. The topological polar surface area (TPSA) is 210 Å². The number of unbranched alkanes of at least 4 members (excludes halogenated alkanes) is 18. The van der Waals surface area contributed by atoms with E-state index in [9.17, 15) is 44.6 Å². The molecule has 0 aromatic heterocycles. The summed E-state index contributed by atoms with van der Waals surface area (Å²) in [6.45, 7) is 3.23. The Morgan fingerprint density at radius 2 is 0.806 bits per heavy atom. The van der Waals surface area contributed by atoms with Crippen LogP contribution in [-0.4, -0.2) is 98.3 Å². The molecule has 1 fully saturated rings. The number of aliphatic hydroxyl groups excluding tert-OH is 5. The molecule has 1 rings (SSSR count). The monoisotopic (exact) mass is 967 g/mol. The number of aliphatic hydroxyl groups is 5. The molecule has 0 amide bonds. The van der Waals surface area contributed by atoms with Crippen molar-refractivity contribution in [1.82, 2.24) is 0 Å².